The molecule has 0 radical (unpaired) electrons. The minimum Gasteiger partial charge on any atom is -0.482 e. The Labute approximate surface area is 131 Å². The molecular formula is C14H12Cl2N2O3. The average Bonchev–Trinajstić information content (AvgIpc) is 2.47. The second kappa shape index (κ2) is 7.15. The van der Waals surface area contributed by atoms with Crippen LogP contribution in [0.15, 0.2) is 36.5 Å². The quantitative estimate of drug-likeness (QED) is 0.914. The normalized spacial score (nSPS) is 10.0. The Balaban J connectivity index is 1.89. The third-order valence-electron chi connectivity index (χ3n) is 2.48. The number of anilines is 1. The molecular weight excluding hydrogens is 315 g/mol. The van der Waals surface area contributed by atoms with Crippen LogP contribution in [0.1, 0.15) is 0 Å². The van der Waals surface area contributed by atoms with E-state index in [2.05, 4.69) is 10.3 Å². The fourth-order valence-electron chi connectivity index (χ4n) is 1.51. The van der Waals surface area contributed by atoms with E-state index in [1.165, 1.54) is 13.3 Å². The van der Waals surface area contributed by atoms with Gasteiger partial charge in [0.25, 0.3) is 5.91 Å². The van der Waals surface area contributed by atoms with Gasteiger partial charge in [0, 0.05) is 11.1 Å². The number of aromatic nitrogens is 1. The molecule has 0 fully saturated rings. The summed E-state index contributed by atoms with van der Waals surface area (Å²) in [7, 11) is 1.52. The summed E-state index contributed by atoms with van der Waals surface area (Å²) in [5, 5.41) is 3.49. The van der Waals surface area contributed by atoms with Crippen LogP contribution in [0.4, 0.5) is 5.69 Å². The summed E-state index contributed by atoms with van der Waals surface area (Å²) < 4.78 is 10.3. The number of halogens is 2. The molecule has 0 spiro atoms. The summed E-state index contributed by atoms with van der Waals surface area (Å²) in [5.41, 5.74) is 0.548. The van der Waals surface area contributed by atoms with Crippen LogP contribution in [0, 0.1) is 0 Å². The molecule has 0 saturated carbocycles. The van der Waals surface area contributed by atoms with Gasteiger partial charge in [0.05, 0.1) is 24.0 Å². The Bertz CT molecular complexity index is 633. The Kier molecular flexibility index (Phi) is 5.25. The van der Waals surface area contributed by atoms with Crippen LogP contribution in [0.3, 0.4) is 0 Å². The molecule has 1 amide bonds. The fourth-order valence-corrected chi connectivity index (χ4v) is 1.97. The second-order valence-electron chi connectivity index (χ2n) is 4.00. The van der Waals surface area contributed by atoms with E-state index in [1.807, 2.05) is 0 Å². The molecule has 0 aliphatic carbocycles. The number of carbonyl (C=O) groups excluding carboxylic acids is 1. The zero-order chi connectivity index (χ0) is 15.2. The predicted molar refractivity (Wildman–Crippen MR) is 81.4 cm³/mol. The molecule has 1 aromatic heterocycles. The highest BCUT2D eigenvalue weighted by molar-refractivity contribution is 6.35. The number of amides is 1. The summed E-state index contributed by atoms with van der Waals surface area (Å²) in [6.45, 7) is -0.173. The lowest BCUT2D eigenvalue weighted by Gasteiger charge is -2.09. The molecule has 0 saturated heterocycles. The molecule has 1 aromatic carbocycles. The van der Waals surface area contributed by atoms with Crippen LogP contribution in [-0.2, 0) is 4.79 Å². The van der Waals surface area contributed by atoms with E-state index in [1.54, 1.807) is 30.3 Å². The summed E-state index contributed by atoms with van der Waals surface area (Å²) in [4.78, 5) is 15.7. The third-order valence-corrected chi connectivity index (χ3v) is 3.01. The zero-order valence-corrected chi connectivity index (χ0v) is 12.6. The van der Waals surface area contributed by atoms with E-state index < -0.39 is 0 Å². The second-order valence-corrected chi connectivity index (χ2v) is 4.84. The summed E-state index contributed by atoms with van der Waals surface area (Å²) >= 11 is 11.7. The van der Waals surface area contributed by atoms with Crippen molar-refractivity contribution in [1.29, 1.82) is 0 Å². The fraction of sp³-hybridized carbons (Fsp3) is 0.143. The molecule has 21 heavy (non-hydrogen) atoms. The molecule has 2 rings (SSSR count). The first kappa shape index (κ1) is 15.4. The maximum atomic E-state index is 11.8. The average molecular weight is 327 g/mol. The molecule has 1 N–H and O–H groups in total. The van der Waals surface area contributed by atoms with Gasteiger partial charge >= 0.3 is 0 Å². The number of pyridine rings is 1. The summed E-state index contributed by atoms with van der Waals surface area (Å²) in [5.74, 6) is 0.536. The number of benzene rings is 1. The molecule has 0 aliphatic heterocycles. The molecule has 5 nitrogen and oxygen atoms in total. The van der Waals surface area contributed by atoms with Crippen molar-refractivity contribution >= 4 is 34.8 Å². The molecule has 0 atom stereocenters. The van der Waals surface area contributed by atoms with Gasteiger partial charge in [-0.15, -0.1) is 0 Å². The highest BCUT2D eigenvalue weighted by Gasteiger charge is 2.07. The number of nitrogens with one attached hydrogen (secondary N) is 1. The smallest absolute Gasteiger partial charge is 0.262 e. The molecule has 7 heteroatoms. The van der Waals surface area contributed by atoms with Crippen molar-refractivity contribution in [3.8, 4) is 11.6 Å². The number of nitrogens with zero attached hydrogens (tertiary/aromatic N) is 1. The lowest BCUT2D eigenvalue weighted by Crippen LogP contribution is -2.20. The predicted octanol–water partition coefficient (Wildman–Crippen LogP) is 3.41. The Morgan fingerprint density at radius 1 is 1.29 bits per heavy atom. The Hall–Kier alpha value is -1.98. The van der Waals surface area contributed by atoms with E-state index >= 15 is 0 Å². The van der Waals surface area contributed by atoms with E-state index in [9.17, 15) is 4.79 Å². The molecule has 1 heterocycles. The minimum atomic E-state index is -0.326. The molecule has 110 valence electrons. The number of carbonyl (C=O) groups is 1. The monoisotopic (exact) mass is 326 g/mol. The first-order valence-electron chi connectivity index (χ1n) is 5.96. The third kappa shape index (κ3) is 4.51. The number of hydrogen-bond donors (Lipinski definition) is 1. The largest absolute Gasteiger partial charge is 0.482 e. The highest BCUT2D eigenvalue weighted by atomic mass is 35.5. The molecule has 2 aromatic rings. The van der Waals surface area contributed by atoms with Crippen molar-refractivity contribution in [2.75, 3.05) is 19.0 Å². The first-order chi connectivity index (χ1) is 10.1. The van der Waals surface area contributed by atoms with Gasteiger partial charge < -0.3 is 14.8 Å². The van der Waals surface area contributed by atoms with E-state index in [4.69, 9.17) is 32.7 Å². The lowest BCUT2D eigenvalue weighted by molar-refractivity contribution is -0.118. The Morgan fingerprint density at radius 2 is 2.10 bits per heavy atom. The summed E-state index contributed by atoms with van der Waals surface area (Å²) in [6.07, 6.45) is 1.49. The number of rotatable bonds is 5. The highest BCUT2D eigenvalue weighted by Crippen LogP contribution is 2.27. The zero-order valence-electron chi connectivity index (χ0n) is 11.1. The van der Waals surface area contributed by atoms with Gasteiger partial charge in [-0.1, -0.05) is 23.2 Å². The van der Waals surface area contributed by atoms with Crippen LogP contribution in [0.5, 0.6) is 11.6 Å². The topological polar surface area (TPSA) is 60.5 Å². The number of hydrogen-bond acceptors (Lipinski definition) is 4. The van der Waals surface area contributed by atoms with E-state index in [-0.39, 0.29) is 12.5 Å². The van der Waals surface area contributed by atoms with Crippen molar-refractivity contribution in [2.45, 2.75) is 0 Å². The SMILES string of the molecule is COc1ccc(NC(=O)COc2ccc(Cl)cc2Cl)cn1. The van der Waals surface area contributed by atoms with Gasteiger partial charge in [-0.2, -0.15) is 0 Å². The Morgan fingerprint density at radius 3 is 2.71 bits per heavy atom. The van der Waals surface area contributed by atoms with Crippen LogP contribution >= 0.6 is 23.2 Å². The van der Waals surface area contributed by atoms with Gasteiger partial charge in [0.1, 0.15) is 5.75 Å². The van der Waals surface area contributed by atoms with Gasteiger partial charge in [0.15, 0.2) is 6.61 Å². The van der Waals surface area contributed by atoms with Crippen LogP contribution in [0.2, 0.25) is 10.0 Å². The molecule has 0 unspecified atom stereocenters. The lowest BCUT2D eigenvalue weighted by atomic mass is 10.3. The van der Waals surface area contributed by atoms with E-state index in [0.717, 1.165) is 0 Å². The van der Waals surface area contributed by atoms with Crippen molar-refractivity contribution < 1.29 is 14.3 Å². The van der Waals surface area contributed by atoms with Gasteiger partial charge in [-0.25, -0.2) is 4.98 Å². The maximum Gasteiger partial charge on any atom is 0.262 e. The first-order valence-corrected chi connectivity index (χ1v) is 6.72. The van der Waals surface area contributed by atoms with Crippen molar-refractivity contribution in [2.24, 2.45) is 0 Å². The van der Waals surface area contributed by atoms with Crippen molar-refractivity contribution in [3.63, 3.8) is 0 Å². The standard InChI is InChI=1S/C14H12Cl2N2O3/c1-20-14-5-3-10(7-17-14)18-13(19)8-21-12-4-2-9(15)6-11(12)16/h2-7H,8H2,1H3,(H,18,19). The van der Waals surface area contributed by atoms with Crippen LogP contribution in [0.25, 0.3) is 0 Å². The van der Waals surface area contributed by atoms with E-state index in [0.29, 0.717) is 27.4 Å². The molecule has 0 aliphatic rings. The summed E-state index contributed by atoms with van der Waals surface area (Å²) in [6, 6.07) is 8.11. The van der Waals surface area contributed by atoms with Gasteiger partial charge in [-0.05, 0) is 24.3 Å². The molecule has 0 bridgehead atoms. The minimum absolute atomic E-state index is 0.173. The van der Waals surface area contributed by atoms with Crippen LogP contribution < -0.4 is 14.8 Å². The van der Waals surface area contributed by atoms with Gasteiger partial charge in [0.2, 0.25) is 5.88 Å². The maximum absolute atomic E-state index is 11.8. The van der Waals surface area contributed by atoms with Gasteiger partial charge in [-0.3, -0.25) is 4.79 Å². The van der Waals surface area contributed by atoms with Crippen molar-refractivity contribution in [3.05, 3.63) is 46.6 Å². The number of ether oxygens (including phenoxy) is 2. The van der Waals surface area contributed by atoms with Crippen molar-refractivity contribution in [1.82, 2.24) is 4.98 Å². The number of methoxy groups -OCH3 is 1. The van der Waals surface area contributed by atoms with Crippen LogP contribution in [-0.4, -0.2) is 24.6 Å².